The second-order valence-corrected chi connectivity index (χ2v) is 4.61. The minimum absolute atomic E-state index is 0.122. The Morgan fingerprint density at radius 2 is 1.86 bits per heavy atom. The molecular formula is C16H16F2N2O. The Hall–Kier alpha value is -2.43. The number of carbonyl (C=O) groups excluding carboxylic acids is 1. The van der Waals surface area contributed by atoms with Crippen molar-refractivity contribution < 1.29 is 13.6 Å². The zero-order valence-electron chi connectivity index (χ0n) is 11.6. The van der Waals surface area contributed by atoms with Crippen LogP contribution in [0.25, 0.3) is 0 Å². The predicted octanol–water partition coefficient (Wildman–Crippen LogP) is 3.85. The molecule has 0 bridgehead atoms. The summed E-state index contributed by atoms with van der Waals surface area (Å²) in [5.74, 6) is -1.83. The van der Waals surface area contributed by atoms with Gasteiger partial charge in [-0.05, 0) is 41.8 Å². The number of carbonyl (C=O) groups is 1. The van der Waals surface area contributed by atoms with Gasteiger partial charge in [-0.25, -0.2) is 13.6 Å². The molecule has 0 saturated carbocycles. The zero-order valence-corrected chi connectivity index (χ0v) is 11.6. The predicted molar refractivity (Wildman–Crippen MR) is 78.0 cm³/mol. The minimum Gasteiger partial charge on any atom is -0.334 e. The van der Waals surface area contributed by atoms with Crippen molar-refractivity contribution in [3.63, 3.8) is 0 Å². The first-order valence-corrected chi connectivity index (χ1v) is 6.66. The average Bonchev–Trinajstić information content (AvgIpc) is 2.48. The number of hydrogen-bond acceptors (Lipinski definition) is 1. The summed E-state index contributed by atoms with van der Waals surface area (Å²) < 4.78 is 25.8. The molecule has 0 aliphatic heterocycles. The van der Waals surface area contributed by atoms with Crippen LogP contribution in [0.1, 0.15) is 18.1 Å². The Labute approximate surface area is 122 Å². The lowest BCUT2D eigenvalue weighted by Crippen LogP contribution is -2.28. The van der Waals surface area contributed by atoms with Gasteiger partial charge in [0.15, 0.2) is 11.6 Å². The SMILES string of the molecule is CCc1cccc(NC(=O)NCc2ccc(F)c(F)c2)c1. The van der Waals surface area contributed by atoms with Crippen LogP contribution in [0.15, 0.2) is 42.5 Å². The van der Waals surface area contributed by atoms with Crippen molar-refractivity contribution in [2.24, 2.45) is 0 Å². The summed E-state index contributed by atoms with van der Waals surface area (Å²) in [6.45, 7) is 2.15. The van der Waals surface area contributed by atoms with Crippen molar-refractivity contribution >= 4 is 11.7 Å². The average molecular weight is 290 g/mol. The van der Waals surface area contributed by atoms with Gasteiger partial charge in [-0.15, -0.1) is 0 Å². The summed E-state index contributed by atoms with van der Waals surface area (Å²) in [7, 11) is 0. The van der Waals surface area contributed by atoms with Crippen molar-refractivity contribution in [2.45, 2.75) is 19.9 Å². The highest BCUT2D eigenvalue weighted by molar-refractivity contribution is 5.89. The molecule has 2 aromatic rings. The Morgan fingerprint density at radius 3 is 2.57 bits per heavy atom. The van der Waals surface area contributed by atoms with E-state index in [-0.39, 0.29) is 6.54 Å². The van der Waals surface area contributed by atoms with Crippen molar-refractivity contribution in [3.8, 4) is 0 Å². The second kappa shape index (κ2) is 6.83. The first-order valence-electron chi connectivity index (χ1n) is 6.66. The number of aryl methyl sites for hydroxylation is 1. The van der Waals surface area contributed by atoms with E-state index in [0.717, 1.165) is 24.1 Å². The fraction of sp³-hybridized carbons (Fsp3) is 0.188. The van der Waals surface area contributed by atoms with Crippen LogP contribution in [0.2, 0.25) is 0 Å². The topological polar surface area (TPSA) is 41.1 Å². The normalized spacial score (nSPS) is 10.2. The Morgan fingerprint density at radius 1 is 1.05 bits per heavy atom. The smallest absolute Gasteiger partial charge is 0.319 e. The molecule has 0 atom stereocenters. The van der Waals surface area contributed by atoms with Crippen molar-refractivity contribution in [1.29, 1.82) is 0 Å². The number of nitrogens with one attached hydrogen (secondary N) is 2. The molecule has 0 spiro atoms. The van der Waals surface area contributed by atoms with Gasteiger partial charge in [0, 0.05) is 12.2 Å². The van der Waals surface area contributed by atoms with E-state index < -0.39 is 17.7 Å². The molecule has 110 valence electrons. The van der Waals surface area contributed by atoms with E-state index in [4.69, 9.17) is 0 Å². The molecule has 0 aliphatic carbocycles. The van der Waals surface area contributed by atoms with Gasteiger partial charge in [0.2, 0.25) is 0 Å². The Kier molecular flexibility index (Phi) is 4.87. The number of amides is 2. The van der Waals surface area contributed by atoms with Gasteiger partial charge in [0.1, 0.15) is 0 Å². The molecule has 0 unspecified atom stereocenters. The third kappa shape index (κ3) is 4.27. The summed E-state index contributed by atoms with van der Waals surface area (Å²) >= 11 is 0. The highest BCUT2D eigenvalue weighted by atomic mass is 19.2. The lowest BCUT2D eigenvalue weighted by Gasteiger charge is -2.09. The molecule has 0 saturated heterocycles. The Bertz CT molecular complexity index is 644. The van der Waals surface area contributed by atoms with Gasteiger partial charge in [0.25, 0.3) is 0 Å². The zero-order chi connectivity index (χ0) is 15.2. The Balaban J connectivity index is 1.90. The standard InChI is InChI=1S/C16H16F2N2O/c1-2-11-4-3-5-13(8-11)20-16(21)19-10-12-6-7-14(17)15(18)9-12/h3-9H,2,10H2,1H3,(H2,19,20,21). The lowest BCUT2D eigenvalue weighted by molar-refractivity contribution is 0.251. The molecule has 0 radical (unpaired) electrons. The largest absolute Gasteiger partial charge is 0.334 e. The molecular weight excluding hydrogens is 274 g/mol. The van der Waals surface area contributed by atoms with E-state index in [9.17, 15) is 13.6 Å². The number of urea groups is 1. The van der Waals surface area contributed by atoms with E-state index in [1.807, 2.05) is 25.1 Å². The van der Waals surface area contributed by atoms with Crippen LogP contribution < -0.4 is 10.6 Å². The quantitative estimate of drug-likeness (QED) is 0.882. The van der Waals surface area contributed by atoms with Gasteiger partial charge < -0.3 is 10.6 Å². The van der Waals surface area contributed by atoms with E-state index in [1.54, 1.807) is 6.07 Å². The maximum atomic E-state index is 13.0. The molecule has 0 heterocycles. The van der Waals surface area contributed by atoms with E-state index >= 15 is 0 Å². The minimum atomic E-state index is -0.926. The van der Waals surface area contributed by atoms with Gasteiger partial charge in [0.05, 0.1) is 0 Å². The number of rotatable bonds is 4. The summed E-state index contributed by atoms with van der Waals surface area (Å²) in [5, 5.41) is 5.29. The van der Waals surface area contributed by atoms with Crippen LogP contribution in [-0.4, -0.2) is 6.03 Å². The molecule has 2 amide bonds. The van der Waals surface area contributed by atoms with E-state index in [1.165, 1.54) is 6.07 Å². The van der Waals surface area contributed by atoms with Crippen LogP contribution in [-0.2, 0) is 13.0 Å². The molecule has 2 rings (SSSR count). The third-order valence-electron chi connectivity index (χ3n) is 3.03. The molecule has 2 N–H and O–H groups in total. The van der Waals surface area contributed by atoms with Gasteiger partial charge in [-0.1, -0.05) is 25.1 Å². The van der Waals surface area contributed by atoms with Crippen molar-refractivity contribution in [3.05, 3.63) is 65.2 Å². The van der Waals surface area contributed by atoms with Crippen LogP contribution in [0, 0.1) is 11.6 Å². The number of halogens is 2. The molecule has 0 aromatic heterocycles. The molecule has 5 heteroatoms. The highest BCUT2D eigenvalue weighted by Gasteiger charge is 2.05. The summed E-state index contributed by atoms with van der Waals surface area (Å²) in [6.07, 6.45) is 0.881. The maximum Gasteiger partial charge on any atom is 0.319 e. The highest BCUT2D eigenvalue weighted by Crippen LogP contribution is 2.11. The third-order valence-corrected chi connectivity index (χ3v) is 3.03. The van der Waals surface area contributed by atoms with Crippen LogP contribution in [0.5, 0.6) is 0 Å². The molecule has 0 aliphatic rings. The number of anilines is 1. The van der Waals surface area contributed by atoms with Gasteiger partial charge in [-0.3, -0.25) is 0 Å². The fourth-order valence-corrected chi connectivity index (χ4v) is 1.88. The summed E-state index contributed by atoms with van der Waals surface area (Å²) in [4.78, 5) is 11.7. The summed E-state index contributed by atoms with van der Waals surface area (Å²) in [5.41, 5.74) is 2.30. The van der Waals surface area contributed by atoms with E-state index in [0.29, 0.717) is 11.3 Å². The van der Waals surface area contributed by atoms with Gasteiger partial charge >= 0.3 is 6.03 Å². The lowest BCUT2D eigenvalue weighted by atomic mass is 10.1. The van der Waals surface area contributed by atoms with Crippen LogP contribution in [0.3, 0.4) is 0 Å². The van der Waals surface area contributed by atoms with Crippen molar-refractivity contribution in [1.82, 2.24) is 5.32 Å². The maximum absolute atomic E-state index is 13.0. The fourth-order valence-electron chi connectivity index (χ4n) is 1.88. The number of hydrogen-bond donors (Lipinski definition) is 2. The van der Waals surface area contributed by atoms with Crippen LogP contribution in [0.4, 0.5) is 19.3 Å². The molecule has 21 heavy (non-hydrogen) atoms. The summed E-state index contributed by atoms with van der Waals surface area (Å²) in [6, 6.07) is 10.6. The first-order chi connectivity index (χ1) is 10.1. The number of benzene rings is 2. The monoisotopic (exact) mass is 290 g/mol. The second-order valence-electron chi connectivity index (χ2n) is 4.61. The van der Waals surface area contributed by atoms with E-state index in [2.05, 4.69) is 10.6 Å². The van der Waals surface area contributed by atoms with Gasteiger partial charge in [-0.2, -0.15) is 0 Å². The van der Waals surface area contributed by atoms with Crippen molar-refractivity contribution in [2.75, 3.05) is 5.32 Å². The van der Waals surface area contributed by atoms with Crippen LogP contribution >= 0.6 is 0 Å². The molecule has 2 aromatic carbocycles. The molecule has 0 fully saturated rings. The first kappa shape index (κ1) is 15.0. The molecule has 3 nitrogen and oxygen atoms in total.